The zero-order chi connectivity index (χ0) is 21.2. The van der Waals surface area contributed by atoms with E-state index < -0.39 is 0 Å². The molecular weight excluding hydrogens is 503 g/mol. The zero-order valence-electron chi connectivity index (χ0n) is 19.1. The number of aliphatic imine (C=N–C) groups is 1. The molecule has 2 aromatic rings. The smallest absolute Gasteiger partial charge is 0.191 e. The van der Waals surface area contributed by atoms with Crippen LogP contribution in [0.2, 0.25) is 0 Å². The van der Waals surface area contributed by atoms with Gasteiger partial charge in [-0.05, 0) is 44.2 Å². The van der Waals surface area contributed by atoms with Crippen molar-refractivity contribution in [2.45, 2.75) is 71.9 Å². The molecule has 0 saturated heterocycles. The molecule has 0 unspecified atom stereocenters. The van der Waals surface area contributed by atoms with Crippen LogP contribution < -0.4 is 15.4 Å². The lowest BCUT2D eigenvalue weighted by atomic mass is 10.1. The summed E-state index contributed by atoms with van der Waals surface area (Å²) < 4.78 is 8.24. The monoisotopic (exact) mass is 540 g/mol. The third-order valence-corrected chi connectivity index (χ3v) is 5.41. The fraction of sp³-hybridized carbons (Fsp3) is 0.609. The highest BCUT2D eigenvalue weighted by Gasteiger charge is 2.14. The molecule has 2 heterocycles. The Balaban J connectivity index is 0.00000341. The molecule has 0 amide bonds. The Hall–Kier alpha value is -1.84. The van der Waals surface area contributed by atoms with Crippen LogP contribution in [0.15, 0.2) is 23.2 Å². The molecule has 0 spiro atoms. The van der Waals surface area contributed by atoms with Crippen LogP contribution in [0, 0.1) is 6.92 Å². The van der Waals surface area contributed by atoms with Gasteiger partial charge in [-0.2, -0.15) is 0 Å². The van der Waals surface area contributed by atoms with E-state index in [0.29, 0.717) is 6.54 Å². The number of nitrogens with zero attached hydrogens (tertiary/aromatic N) is 4. The Morgan fingerprint density at radius 1 is 1.19 bits per heavy atom. The number of guanidine groups is 1. The number of aromatic nitrogens is 3. The minimum atomic E-state index is 0. The number of hydrogen-bond acceptors (Lipinski definition) is 4. The number of nitrogens with one attached hydrogen (secondary N) is 2. The highest BCUT2D eigenvalue weighted by atomic mass is 127. The summed E-state index contributed by atoms with van der Waals surface area (Å²) in [4.78, 5) is 4.35. The van der Waals surface area contributed by atoms with E-state index in [1.807, 2.05) is 0 Å². The van der Waals surface area contributed by atoms with Gasteiger partial charge < -0.3 is 19.9 Å². The lowest BCUT2D eigenvalue weighted by Crippen LogP contribution is -2.37. The van der Waals surface area contributed by atoms with Crippen molar-refractivity contribution in [3.63, 3.8) is 0 Å². The third-order valence-electron chi connectivity index (χ3n) is 5.41. The van der Waals surface area contributed by atoms with Gasteiger partial charge in [0.2, 0.25) is 0 Å². The van der Waals surface area contributed by atoms with Crippen LogP contribution in [-0.4, -0.2) is 40.9 Å². The predicted octanol–water partition coefficient (Wildman–Crippen LogP) is 4.02. The normalized spacial score (nSPS) is 13.7. The van der Waals surface area contributed by atoms with Crippen molar-refractivity contribution < 1.29 is 4.74 Å². The summed E-state index contributed by atoms with van der Waals surface area (Å²) in [6.07, 6.45) is 7.74. The molecule has 1 aromatic carbocycles. The van der Waals surface area contributed by atoms with Crippen LogP contribution in [0.4, 0.5) is 0 Å². The van der Waals surface area contributed by atoms with Gasteiger partial charge in [-0.1, -0.05) is 25.5 Å². The van der Waals surface area contributed by atoms with E-state index in [0.717, 1.165) is 74.3 Å². The summed E-state index contributed by atoms with van der Waals surface area (Å²) in [5.74, 6) is 4.03. The number of ether oxygens (including phenoxy) is 1. The molecule has 0 aliphatic carbocycles. The fourth-order valence-electron chi connectivity index (χ4n) is 3.74. The maximum absolute atomic E-state index is 5.91. The molecule has 0 saturated carbocycles. The first kappa shape index (κ1) is 25.4. The summed E-state index contributed by atoms with van der Waals surface area (Å²) in [6, 6.07) is 6.34. The van der Waals surface area contributed by atoms with Gasteiger partial charge in [-0.25, -0.2) is 0 Å². The summed E-state index contributed by atoms with van der Waals surface area (Å²) in [5.41, 5.74) is 2.35. The van der Waals surface area contributed by atoms with Gasteiger partial charge in [0.25, 0.3) is 0 Å². The van der Waals surface area contributed by atoms with Gasteiger partial charge in [0.15, 0.2) is 5.96 Å². The van der Waals surface area contributed by atoms with Gasteiger partial charge in [-0.3, -0.25) is 4.99 Å². The van der Waals surface area contributed by atoms with Crippen molar-refractivity contribution in [3.05, 3.63) is 41.0 Å². The Labute approximate surface area is 203 Å². The second-order valence-electron chi connectivity index (χ2n) is 7.91. The van der Waals surface area contributed by atoms with E-state index in [2.05, 4.69) is 62.4 Å². The number of benzene rings is 1. The maximum atomic E-state index is 5.91. The standard InChI is InChI=1S/C23H36N6O.HI/c1-4-15-30-20-16-18(2)11-12-19(20)17-26-23(24-3)25-13-8-10-22-28-27-21-9-6-5-7-14-29(21)22;/h11-12,16H,4-10,13-15,17H2,1-3H3,(H2,24,25,26);1H. The van der Waals surface area contributed by atoms with Gasteiger partial charge in [0.05, 0.1) is 6.61 Å². The van der Waals surface area contributed by atoms with E-state index in [4.69, 9.17) is 4.74 Å². The molecule has 0 bridgehead atoms. The number of halogens is 1. The summed E-state index contributed by atoms with van der Waals surface area (Å²) in [6.45, 7) is 7.52. The minimum Gasteiger partial charge on any atom is -0.493 e. The largest absolute Gasteiger partial charge is 0.493 e. The molecular formula is C23H37IN6O. The third kappa shape index (κ3) is 7.66. The number of rotatable bonds is 9. The first-order chi connectivity index (χ1) is 14.7. The molecule has 31 heavy (non-hydrogen) atoms. The molecule has 0 atom stereocenters. The van der Waals surface area contributed by atoms with E-state index in [1.165, 1.54) is 24.8 Å². The van der Waals surface area contributed by atoms with Gasteiger partial charge >= 0.3 is 0 Å². The van der Waals surface area contributed by atoms with Crippen molar-refractivity contribution in [1.82, 2.24) is 25.4 Å². The molecule has 1 aliphatic rings. The van der Waals surface area contributed by atoms with Crippen LogP contribution in [0.25, 0.3) is 0 Å². The van der Waals surface area contributed by atoms with Crippen LogP contribution >= 0.6 is 24.0 Å². The second-order valence-corrected chi connectivity index (χ2v) is 7.91. The topological polar surface area (TPSA) is 76.4 Å². The summed E-state index contributed by atoms with van der Waals surface area (Å²) >= 11 is 0. The van der Waals surface area contributed by atoms with Crippen LogP contribution in [0.1, 0.15) is 61.8 Å². The van der Waals surface area contributed by atoms with Gasteiger partial charge in [0.1, 0.15) is 17.4 Å². The molecule has 7 nitrogen and oxygen atoms in total. The Morgan fingerprint density at radius 2 is 2.06 bits per heavy atom. The quantitative estimate of drug-likeness (QED) is 0.218. The average molecular weight is 540 g/mol. The highest BCUT2D eigenvalue weighted by molar-refractivity contribution is 14.0. The van der Waals surface area contributed by atoms with E-state index >= 15 is 0 Å². The van der Waals surface area contributed by atoms with Crippen molar-refractivity contribution in [2.24, 2.45) is 4.99 Å². The minimum absolute atomic E-state index is 0. The number of aryl methyl sites for hydroxylation is 3. The SMILES string of the molecule is CCCOc1cc(C)ccc1CNC(=NC)NCCCc1nnc2n1CCCCC2.I. The summed E-state index contributed by atoms with van der Waals surface area (Å²) in [7, 11) is 1.80. The lowest BCUT2D eigenvalue weighted by Gasteiger charge is -2.15. The molecule has 1 aliphatic heterocycles. The second kappa shape index (κ2) is 13.5. The van der Waals surface area contributed by atoms with Crippen molar-refractivity contribution >= 4 is 29.9 Å². The van der Waals surface area contributed by atoms with Crippen LogP contribution in [-0.2, 0) is 25.9 Å². The highest BCUT2D eigenvalue weighted by Crippen LogP contribution is 2.20. The van der Waals surface area contributed by atoms with E-state index in [9.17, 15) is 0 Å². The van der Waals surface area contributed by atoms with Crippen molar-refractivity contribution in [1.29, 1.82) is 0 Å². The van der Waals surface area contributed by atoms with Crippen molar-refractivity contribution in [3.8, 4) is 5.75 Å². The molecule has 8 heteroatoms. The van der Waals surface area contributed by atoms with Crippen molar-refractivity contribution in [2.75, 3.05) is 20.2 Å². The Bertz CT molecular complexity index is 835. The first-order valence-electron chi connectivity index (χ1n) is 11.3. The van der Waals surface area contributed by atoms with Gasteiger partial charge in [-0.15, -0.1) is 34.2 Å². The average Bonchev–Trinajstić information content (AvgIpc) is 2.98. The predicted molar refractivity (Wildman–Crippen MR) is 136 cm³/mol. The molecule has 3 rings (SSSR count). The zero-order valence-corrected chi connectivity index (χ0v) is 21.4. The maximum Gasteiger partial charge on any atom is 0.191 e. The molecule has 0 fully saturated rings. The van der Waals surface area contributed by atoms with E-state index in [1.54, 1.807) is 7.05 Å². The Kier molecular flexibility index (Phi) is 11.1. The first-order valence-corrected chi connectivity index (χ1v) is 11.3. The fourth-order valence-corrected chi connectivity index (χ4v) is 3.74. The molecule has 2 N–H and O–H groups in total. The van der Waals surface area contributed by atoms with Crippen LogP contribution in [0.5, 0.6) is 5.75 Å². The number of hydrogen-bond donors (Lipinski definition) is 2. The molecule has 0 radical (unpaired) electrons. The summed E-state index contributed by atoms with van der Waals surface area (Å²) in [5, 5.41) is 15.6. The lowest BCUT2D eigenvalue weighted by molar-refractivity contribution is 0.313. The van der Waals surface area contributed by atoms with E-state index in [-0.39, 0.29) is 24.0 Å². The molecule has 1 aromatic heterocycles. The Morgan fingerprint density at radius 3 is 2.87 bits per heavy atom. The molecule has 172 valence electrons. The number of fused-ring (bicyclic) bond motifs is 1. The van der Waals surface area contributed by atoms with Gasteiger partial charge in [0, 0.05) is 45.1 Å². The van der Waals surface area contributed by atoms with Crippen LogP contribution in [0.3, 0.4) is 0 Å².